The van der Waals surface area contributed by atoms with Crippen LogP contribution in [-0.2, 0) is 4.79 Å². The molecule has 0 aliphatic carbocycles. The number of hydrogen-bond donors (Lipinski definition) is 0. The van der Waals surface area contributed by atoms with Gasteiger partial charge in [0.15, 0.2) is 0 Å². The van der Waals surface area contributed by atoms with E-state index < -0.39 is 0 Å². The van der Waals surface area contributed by atoms with Crippen LogP contribution in [0.3, 0.4) is 0 Å². The van der Waals surface area contributed by atoms with Crippen LogP contribution in [-0.4, -0.2) is 25.5 Å². The van der Waals surface area contributed by atoms with E-state index >= 15 is 0 Å². The minimum atomic E-state index is 0.0434. The minimum absolute atomic E-state index is 0.0434. The Hall–Kier alpha value is -1.51. The predicted molar refractivity (Wildman–Crippen MR) is 73.7 cm³/mol. The van der Waals surface area contributed by atoms with E-state index in [-0.39, 0.29) is 11.4 Å². The van der Waals surface area contributed by atoms with Gasteiger partial charge in [0.2, 0.25) is 5.91 Å². The summed E-state index contributed by atoms with van der Waals surface area (Å²) in [5, 5.41) is 0. The Morgan fingerprint density at radius 1 is 1.00 bits per heavy atom. The van der Waals surface area contributed by atoms with Crippen LogP contribution in [0.5, 0.6) is 0 Å². The lowest BCUT2D eigenvalue weighted by molar-refractivity contribution is -0.116. The van der Waals surface area contributed by atoms with Gasteiger partial charge in [0, 0.05) is 37.9 Å². The van der Waals surface area contributed by atoms with Crippen LogP contribution in [0.4, 0.5) is 11.4 Å². The third-order valence-electron chi connectivity index (χ3n) is 3.10. The Balaban J connectivity index is 2.92. The van der Waals surface area contributed by atoms with Crippen LogP contribution in [0.2, 0.25) is 0 Å². The van der Waals surface area contributed by atoms with E-state index in [1.54, 1.807) is 18.9 Å². The fraction of sp³-hybridized carbons (Fsp3) is 0.500. The molecule has 0 fully saturated rings. The number of carbonyl (C=O) groups is 1. The average Bonchev–Trinajstić information content (AvgIpc) is 2.26. The summed E-state index contributed by atoms with van der Waals surface area (Å²) >= 11 is 0. The number of benzene rings is 1. The Bertz CT molecular complexity index is 390. The average molecular weight is 234 g/mol. The fourth-order valence-corrected chi connectivity index (χ4v) is 1.47. The summed E-state index contributed by atoms with van der Waals surface area (Å²) in [6.45, 7) is 8.07. The fourth-order valence-electron chi connectivity index (χ4n) is 1.47. The summed E-state index contributed by atoms with van der Waals surface area (Å²) in [6.07, 6.45) is 0. The summed E-state index contributed by atoms with van der Waals surface area (Å²) in [5.41, 5.74) is 2.16. The predicted octanol–water partition coefficient (Wildman–Crippen LogP) is 2.90. The van der Waals surface area contributed by atoms with Crippen molar-refractivity contribution in [3.63, 3.8) is 0 Å². The molecule has 0 bridgehead atoms. The first-order valence-electron chi connectivity index (χ1n) is 5.81. The number of rotatable bonds is 2. The maximum Gasteiger partial charge on any atom is 0.223 e. The van der Waals surface area contributed by atoms with Crippen LogP contribution in [0.15, 0.2) is 24.3 Å². The van der Waals surface area contributed by atoms with Crippen molar-refractivity contribution in [1.29, 1.82) is 0 Å². The summed E-state index contributed by atoms with van der Waals surface area (Å²) < 4.78 is 0. The van der Waals surface area contributed by atoms with Crippen LogP contribution >= 0.6 is 0 Å². The van der Waals surface area contributed by atoms with Gasteiger partial charge in [0.25, 0.3) is 0 Å². The zero-order valence-electron chi connectivity index (χ0n) is 11.6. The smallest absolute Gasteiger partial charge is 0.223 e. The minimum Gasteiger partial charge on any atom is -0.370 e. The zero-order valence-corrected chi connectivity index (χ0v) is 11.6. The van der Waals surface area contributed by atoms with Crippen molar-refractivity contribution in [2.75, 3.05) is 23.9 Å². The molecule has 0 atom stereocenters. The van der Waals surface area contributed by atoms with Crippen LogP contribution in [0.1, 0.15) is 27.7 Å². The molecule has 1 aromatic carbocycles. The van der Waals surface area contributed by atoms with Gasteiger partial charge in [-0.05, 0) is 45.0 Å². The number of hydrogen-bond acceptors (Lipinski definition) is 2. The maximum absolute atomic E-state index is 11.2. The quantitative estimate of drug-likeness (QED) is 0.785. The molecule has 3 nitrogen and oxygen atoms in total. The molecule has 0 saturated carbocycles. The molecule has 0 unspecified atom stereocenters. The lowest BCUT2D eigenvalue weighted by Crippen LogP contribution is -2.38. The molecular formula is C14H22N2O. The lowest BCUT2D eigenvalue weighted by atomic mass is 10.1. The first kappa shape index (κ1) is 13.6. The molecule has 0 spiro atoms. The number of nitrogens with zero attached hydrogens (tertiary/aromatic N) is 2. The van der Waals surface area contributed by atoms with Gasteiger partial charge in [0.1, 0.15) is 0 Å². The van der Waals surface area contributed by atoms with E-state index in [9.17, 15) is 4.79 Å². The van der Waals surface area contributed by atoms with Gasteiger partial charge in [-0.15, -0.1) is 0 Å². The monoisotopic (exact) mass is 234 g/mol. The van der Waals surface area contributed by atoms with E-state index in [0.29, 0.717) is 0 Å². The van der Waals surface area contributed by atoms with Crippen molar-refractivity contribution >= 4 is 17.3 Å². The van der Waals surface area contributed by atoms with Crippen molar-refractivity contribution in [2.45, 2.75) is 33.2 Å². The molecule has 1 rings (SSSR count). The zero-order chi connectivity index (χ0) is 13.2. The highest BCUT2D eigenvalue weighted by atomic mass is 16.2. The van der Waals surface area contributed by atoms with Crippen LogP contribution < -0.4 is 9.80 Å². The van der Waals surface area contributed by atoms with Crippen LogP contribution in [0, 0.1) is 0 Å². The third kappa shape index (κ3) is 3.22. The second kappa shape index (κ2) is 4.78. The normalized spacial score (nSPS) is 11.2. The van der Waals surface area contributed by atoms with E-state index in [0.717, 1.165) is 11.4 Å². The molecule has 0 aliphatic heterocycles. The van der Waals surface area contributed by atoms with Gasteiger partial charge in [-0.3, -0.25) is 4.79 Å². The highest BCUT2D eigenvalue weighted by Gasteiger charge is 2.17. The number of carbonyl (C=O) groups excluding carboxylic acids is 1. The molecule has 0 N–H and O–H groups in total. The maximum atomic E-state index is 11.2. The van der Waals surface area contributed by atoms with Crippen molar-refractivity contribution in [1.82, 2.24) is 0 Å². The van der Waals surface area contributed by atoms with Crippen molar-refractivity contribution < 1.29 is 4.79 Å². The highest BCUT2D eigenvalue weighted by molar-refractivity contribution is 5.91. The van der Waals surface area contributed by atoms with Crippen molar-refractivity contribution in [3.05, 3.63) is 24.3 Å². The molecule has 0 aliphatic rings. The van der Waals surface area contributed by atoms with Gasteiger partial charge >= 0.3 is 0 Å². The molecular weight excluding hydrogens is 212 g/mol. The summed E-state index contributed by atoms with van der Waals surface area (Å²) in [4.78, 5) is 15.1. The lowest BCUT2D eigenvalue weighted by Gasteiger charge is -2.34. The Labute approximate surface area is 104 Å². The van der Waals surface area contributed by atoms with Gasteiger partial charge in [-0.25, -0.2) is 0 Å². The molecule has 0 heterocycles. The molecule has 0 radical (unpaired) electrons. The molecule has 3 heteroatoms. The largest absolute Gasteiger partial charge is 0.370 e. The Morgan fingerprint density at radius 2 is 1.41 bits per heavy atom. The SMILES string of the molecule is CC(=O)N(C)c1ccc(N(C)C(C)(C)C)cc1. The van der Waals surface area contributed by atoms with E-state index in [4.69, 9.17) is 0 Å². The summed E-state index contributed by atoms with van der Waals surface area (Å²) in [6, 6.07) is 8.03. The highest BCUT2D eigenvalue weighted by Crippen LogP contribution is 2.24. The Morgan fingerprint density at radius 3 is 1.76 bits per heavy atom. The second-order valence-corrected chi connectivity index (χ2v) is 5.32. The first-order chi connectivity index (χ1) is 7.73. The summed E-state index contributed by atoms with van der Waals surface area (Å²) in [5.74, 6) is 0.0434. The number of anilines is 2. The molecule has 0 saturated heterocycles. The number of amides is 1. The third-order valence-corrected chi connectivity index (χ3v) is 3.10. The first-order valence-corrected chi connectivity index (χ1v) is 5.81. The van der Waals surface area contributed by atoms with E-state index in [1.807, 2.05) is 24.3 Å². The molecule has 17 heavy (non-hydrogen) atoms. The topological polar surface area (TPSA) is 23.6 Å². The van der Waals surface area contributed by atoms with Crippen LogP contribution in [0.25, 0.3) is 0 Å². The molecule has 1 aromatic rings. The molecule has 94 valence electrons. The molecule has 0 aromatic heterocycles. The van der Waals surface area contributed by atoms with E-state index in [2.05, 4.69) is 32.7 Å². The standard InChI is InChI=1S/C14H22N2O/c1-11(17)15(5)12-7-9-13(10-8-12)16(6)14(2,3)4/h7-10H,1-6H3. The van der Waals surface area contributed by atoms with Crippen molar-refractivity contribution in [3.8, 4) is 0 Å². The Kier molecular flexibility index (Phi) is 3.81. The van der Waals surface area contributed by atoms with Gasteiger partial charge in [-0.1, -0.05) is 0 Å². The summed E-state index contributed by atoms with van der Waals surface area (Å²) in [7, 11) is 3.86. The van der Waals surface area contributed by atoms with Gasteiger partial charge in [-0.2, -0.15) is 0 Å². The van der Waals surface area contributed by atoms with Gasteiger partial charge < -0.3 is 9.80 Å². The second-order valence-electron chi connectivity index (χ2n) is 5.32. The van der Waals surface area contributed by atoms with Crippen molar-refractivity contribution in [2.24, 2.45) is 0 Å². The molecule has 1 amide bonds. The van der Waals surface area contributed by atoms with E-state index in [1.165, 1.54) is 0 Å². The van der Waals surface area contributed by atoms with Gasteiger partial charge in [0.05, 0.1) is 0 Å².